The van der Waals surface area contributed by atoms with Gasteiger partial charge in [-0.1, -0.05) is 0 Å². The van der Waals surface area contributed by atoms with Gasteiger partial charge >= 0.3 is 0 Å². The number of benzene rings is 2. The Labute approximate surface area is 140 Å². The van der Waals surface area contributed by atoms with Crippen LogP contribution in [0.3, 0.4) is 0 Å². The predicted molar refractivity (Wildman–Crippen MR) is 91.3 cm³/mol. The number of Topliss-reactive ketones (excluding diaryl/α,β-unsaturated/α-hetero) is 1. The van der Waals surface area contributed by atoms with Crippen LogP contribution in [0.25, 0.3) is 11.1 Å². The van der Waals surface area contributed by atoms with Crippen molar-refractivity contribution >= 4 is 11.5 Å². The highest BCUT2D eigenvalue weighted by Gasteiger charge is 2.19. The molecule has 4 nitrogen and oxygen atoms in total. The van der Waals surface area contributed by atoms with Gasteiger partial charge in [0.1, 0.15) is 11.6 Å². The smallest absolute Gasteiger partial charge is 0.159 e. The normalized spacial score (nSPS) is 14.7. The van der Waals surface area contributed by atoms with Crippen molar-refractivity contribution in [1.82, 2.24) is 0 Å². The van der Waals surface area contributed by atoms with Gasteiger partial charge in [-0.15, -0.1) is 0 Å². The number of halogens is 1. The minimum Gasteiger partial charge on any atom is -0.508 e. The number of aromatic hydroxyl groups is 1. The topological polar surface area (TPSA) is 49.8 Å². The molecule has 126 valence electrons. The van der Waals surface area contributed by atoms with Crippen molar-refractivity contribution in [2.24, 2.45) is 0 Å². The first kappa shape index (κ1) is 16.5. The molecule has 0 unspecified atom stereocenters. The molecule has 1 fully saturated rings. The number of ether oxygens (including phenoxy) is 1. The minimum atomic E-state index is -0.506. The average molecular weight is 329 g/mol. The number of rotatable bonds is 3. The zero-order valence-corrected chi connectivity index (χ0v) is 13.8. The lowest BCUT2D eigenvalue weighted by molar-refractivity contribution is 0.101. The Morgan fingerprint density at radius 2 is 1.88 bits per heavy atom. The summed E-state index contributed by atoms with van der Waals surface area (Å²) in [6.07, 6.45) is 0. The summed E-state index contributed by atoms with van der Waals surface area (Å²) in [6.45, 7) is 5.87. The fourth-order valence-electron chi connectivity index (χ4n) is 2.93. The summed E-state index contributed by atoms with van der Waals surface area (Å²) in [5.74, 6) is -0.652. The minimum absolute atomic E-state index is 0.0688. The summed E-state index contributed by atoms with van der Waals surface area (Å²) in [7, 11) is 0. The molecule has 0 radical (unpaired) electrons. The predicted octanol–water partition coefficient (Wildman–Crippen LogP) is 3.55. The zero-order valence-electron chi connectivity index (χ0n) is 13.8. The first-order chi connectivity index (χ1) is 11.5. The Hall–Kier alpha value is -2.40. The van der Waals surface area contributed by atoms with Gasteiger partial charge in [-0.25, -0.2) is 4.39 Å². The van der Waals surface area contributed by atoms with E-state index in [1.54, 1.807) is 25.1 Å². The second kappa shape index (κ2) is 6.61. The van der Waals surface area contributed by atoms with Crippen molar-refractivity contribution in [2.75, 3.05) is 31.2 Å². The molecule has 5 heteroatoms. The number of phenols is 1. The maximum atomic E-state index is 14.5. The molecular formula is C19H20FNO3. The molecule has 0 aliphatic carbocycles. The van der Waals surface area contributed by atoms with Crippen molar-refractivity contribution in [1.29, 1.82) is 0 Å². The highest BCUT2D eigenvalue weighted by molar-refractivity contribution is 5.97. The highest BCUT2D eigenvalue weighted by Crippen LogP contribution is 2.36. The summed E-state index contributed by atoms with van der Waals surface area (Å²) in [5, 5.41) is 9.71. The van der Waals surface area contributed by atoms with Crippen LogP contribution in [0, 0.1) is 12.7 Å². The van der Waals surface area contributed by atoms with E-state index in [0.29, 0.717) is 48.6 Å². The van der Waals surface area contributed by atoms with Crippen molar-refractivity contribution in [3.8, 4) is 16.9 Å². The number of hydrogen-bond donors (Lipinski definition) is 1. The summed E-state index contributed by atoms with van der Waals surface area (Å²) >= 11 is 0. The van der Waals surface area contributed by atoms with Crippen LogP contribution in [-0.4, -0.2) is 37.2 Å². The van der Waals surface area contributed by atoms with Crippen LogP contribution in [0.5, 0.6) is 5.75 Å². The number of carbonyl (C=O) groups excluding carboxylic acids is 1. The van der Waals surface area contributed by atoms with E-state index in [-0.39, 0.29) is 11.5 Å². The maximum absolute atomic E-state index is 14.5. The van der Waals surface area contributed by atoms with Crippen LogP contribution in [-0.2, 0) is 4.74 Å². The van der Waals surface area contributed by atoms with E-state index in [1.165, 1.54) is 6.92 Å². The van der Waals surface area contributed by atoms with E-state index in [0.717, 1.165) is 11.8 Å². The third-order valence-electron chi connectivity index (χ3n) is 4.33. The standard InChI is InChI=1S/C19H20FNO3/c1-12-9-15(17(20)11-19(12)23)16-10-14(13(2)22)3-4-18(16)21-5-7-24-8-6-21/h3-4,9-11,23H,5-8H2,1-2H3. The Morgan fingerprint density at radius 3 is 2.54 bits per heavy atom. The van der Waals surface area contributed by atoms with Crippen LogP contribution in [0.1, 0.15) is 22.8 Å². The molecule has 1 N–H and O–H groups in total. The number of hydrogen-bond acceptors (Lipinski definition) is 4. The quantitative estimate of drug-likeness (QED) is 0.875. The molecular weight excluding hydrogens is 309 g/mol. The Morgan fingerprint density at radius 1 is 1.17 bits per heavy atom. The number of carbonyl (C=O) groups is 1. The van der Waals surface area contributed by atoms with E-state index in [9.17, 15) is 14.3 Å². The van der Waals surface area contributed by atoms with Gasteiger partial charge in [-0.05, 0) is 43.7 Å². The molecule has 2 aromatic carbocycles. The largest absolute Gasteiger partial charge is 0.508 e. The van der Waals surface area contributed by atoms with Crippen molar-refractivity contribution in [3.63, 3.8) is 0 Å². The molecule has 1 aliphatic rings. The lowest BCUT2D eigenvalue weighted by atomic mass is 9.96. The van der Waals surface area contributed by atoms with Gasteiger partial charge in [0.15, 0.2) is 5.78 Å². The van der Waals surface area contributed by atoms with Gasteiger partial charge in [0.05, 0.1) is 13.2 Å². The van der Waals surface area contributed by atoms with E-state index in [4.69, 9.17) is 4.74 Å². The van der Waals surface area contributed by atoms with Crippen LogP contribution >= 0.6 is 0 Å². The van der Waals surface area contributed by atoms with Gasteiger partial charge < -0.3 is 14.7 Å². The Bertz CT molecular complexity index is 782. The number of phenolic OH excluding ortho intramolecular Hbond substituents is 1. The fourth-order valence-corrected chi connectivity index (χ4v) is 2.93. The molecule has 1 saturated heterocycles. The molecule has 1 heterocycles. The number of anilines is 1. The third kappa shape index (κ3) is 3.12. The summed E-state index contributed by atoms with van der Waals surface area (Å²) in [4.78, 5) is 13.9. The summed E-state index contributed by atoms with van der Waals surface area (Å²) < 4.78 is 19.9. The van der Waals surface area contributed by atoms with E-state index in [2.05, 4.69) is 4.90 Å². The average Bonchev–Trinajstić information content (AvgIpc) is 2.58. The second-order valence-corrected chi connectivity index (χ2v) is 6.01. The molecule has 24 heavy (non-hydrogen) atoms. The first-order valence-electron chi connectivity index (χ1n) is 7.94. The van der Waals surface area contributed by atoms with Gasteiger partial charge in [-0.2, -0.15) is 0 Å². The maximum Gasteiger partial charge on any atom is 0.159 e. The summed E-state index contributed by atoms with van der Waals surface area (Å²) in [6, 6.07) is 8.09. The van der Waals surface area contributed by atoms with Gasteiger partial charge in [-0.3, -0.25) is 4.79 Å². The third-order valence-corrected chi connectivity index (χ3v) is 4.33. The highest BCUT2D eigenvalue weighted by atomic mass is 19.1. The van der Waals surface area contributed by atoms with Crippen LogP contribution in [0.15, 0.2) is 30.3 Å². The van der Waals surface area contributed by atoms with Crippen LogP contribution in [0.4, 0.5) is 10.1 Å². The van der Waals surface area contributed by atoms with E-state index in [1.807, 2.05) is 6.07 Å². The van der Waals surface area contributed by atoms with Crippen molar-refractivity contribution in [3.05, 3.63) is 47.3 Å². The molecule has 0 spiro atoms. The first-order valence-corrected chi connectivity index (χ1v) is 7.94. The van der Waals surface area contributed by atoms with Crippen molar-refractivity contribution in [2.45, 2.75) is 13.8 Å². The summed E-state index contributed by atoms with van der Waals surface area (Å²) in [5.41, 5.74) is 3.03. The van der Waals surface area contributed by atoms with Crippen LogP contribution < -0.4 is 4.90 Å². The number of morpholine rings is 1. The SMILES string of the molecule is CC(=O)c1ccc(N2CCOCC2)c(-c2cc(C)c(O)cc2F)c1. The van der Waals surface area contributed by atoms with Gasteiger partial charge in [0.2, 0.25) is 0 Å². The lowest BCUT2D eigenvalue weighted by Gasteiger charge is -2.31. The molecule has 3 rings (SSSR count). The van der Waals surface area contributed by atoms with Gasteiger partial charge in [0, 0.05) is 41.5 Å². The van der Waals surface area contributed by atoms with Crippen molar-refractivity contribution < 1.29 is 19.0 Å². The molecule has 0 aromatic heterocycles. The Kier molecular flexibility index (Phi) is 4.53. The molecule has 1 aliphatic heterocycles. The molecule has 0 bridgehead atoms. The zero-order chi connectivity index (χ0) is 17.3. The van der Waals surface area contributed by atoms with E-state index >= 15 is 0 Å². The van der Waals surface area contributed by atoms with Crippen LogP contribution in [0.2, 0.25) is 0 Å². The number of ketones is 1. The number of aryl methyl sites for hydroxylation is 1. The van der Waals surface area contributed by atoms with Gasteiger partial charge in [0.25, 0.3) is 0 Å². The molecule has 0 atom stereocenters. The molecule has 0 saturated carbocycles. The number of nitrogens with zero attached hydrogens (tertiary/aromatic N) is 1. The Balaban J connectivity index is 2.17. The fraction of sp³-hybridized carbons (Fsp3) is 0.316. The second-order valence-electron chi connectivity index (χ2n) is 6.01. The van der Waals surface area contributed by atoms with E-state index < -0.39 is 5.82 Å². The monoisotopic (exact) mass is 329 g/mol. The molecule has 2 aromatic rings. The molecule has 0 amide bonds. The lowest BCUT2D eigenvalue weighted by Crippen LogP contribution is -2.36.